The predicted molar refractivity (Wildman–Crippen MR) is 67.7 cm³/mol. The standard InChI is InChI=1S/C13H16O2S/c1-3-9-16-12-7-5-11(6-8-12)10-13(14)15-4-2/h3,5-8H,1,4,9-10H2,2H3. The summed E-state index contributed by atoms with van der Waals surface area (Å²) in [7, 11) is 0. The van der Waals surface area contributed by atoms with E-state index in [0.29, 0.717) is 13.0 Å². The van der Waals surface area contributed by atoms with Crippen LogP contribution in [0.1, 0.15) is 12.5 Å². The number of carbonyl (C=O) groups is 1. The van der Waals surface area contributed by atoms with Crippen LogP contribution in [0.4, 0.5) is 0 Å². The molecule has 0 bridgehead atoms. The molecule has 3 heteroatoms. The van der Waals surface area contributed by atoms with Crippen molar-refractivity contribution in [1.29, 1.82) is 0 Å². The SMILES string of the molecule is C=CCSc1ccc(CC(=O)OCC)cc1. The highest BCUT2D eigenvalue weighted by atomic mass is 32.2. The topological polar surface area (TPSA) is 26.3 Å². The Morgan fingerprint density at radius 1 is 1.44 bits per heavy atom. The molecular weight excluding hydrogens is 220 g/mol. The van der Waals surface area contributed by atoms with E-state index < -0.39 is 0 Å². The van der Waals surface area contributed by atoms with Crippen LogP contribution in [0, 0.1) is 0 Å². The Kier molecular flexibility index (Phi) is 5.72. The van der Waals surface area contributed by atoms with Gasteiger partial charge in [-0.15, -0.1) is 18.3 Å². The van der Waals surface area contributed by atoms with Crippen LogP contribution in [0.2, 0.25) is 0 Å². The molecule has 0 atom stereocenters. The van der Waals surface area contributed by atoms with Gasteiger partial charge in [-0.3, -0.25) is 4.79 Å². The van der Waals surface area contributed by atoms with Crippen LogP contribution in [0.15, 0.2) is 41.8 Å². The average molecular weight is 236 g/mol. The van der Waals surface area contributed by atoms with Gasteiger partial charge in [0, 0.05) is 10.6 Å². The first kappa shape index (κ1) is 12.8. The van der Waals surface area contributed by atoms with Gasteiger partial charge in [0.25, 0.3) is 0 Å². The normalized spacial score (nSPS) is 9.81. The minimum Gasteiger partial charge on any atom is -0.466 e. The first-order valence-corrected chi connectivity index (χ1v) is 6.23. The Morgan fingerprint density at radius 3 is 2.69 bits per heavy atom. The van der Waals surface area contributed by atoms with E-state index in [0.717, 1.165) is 11.3 Å². The number of hydrogen-bond donors (Lipinski definition) is 0. The third-order valence-electron chi connectivity index (χ3n) is 1.94. The van der Waals surface area contributed by atoms with E-state index >= 15 is 0 Å². The maximum Gasteiger partial charge on any atom is 0.310 e. The number of thioether (sulfide) groups is 1. The summed E-state index contributed by atoms with van der Waals surface area (Å²) in [6, 6.07) is 7.95. The minimum absolute atomic E-state index is 0.172. The summed E-state index contributed by atoms with van der Waals surface area (Å²) in [6.07, 6.45) is 2.22. The van der Waals surface area contributed by atoms with E-state index in [-0.39, 0.29) is 5.97 Å². The number of benzene rings is 1. The van der Waals surface area contributed by atoms with E-state index in [1.165, 1.54) is 4.90 Å². The molecule has 0 amide bonds. The molecule has 0 saturated heterocycles. The van der Waals surface area contributed by atoms with Gasteiger partial charge in [0.15, 0.2) is 0 Å². The predicted octanol–water partition coefficient (Wildman–Crippen LogP) is 3.07. The van der Waals surface area contributed by atoms with Crippen molar-refractivity contribution in [2.45, 2.75) is 18.2 Å². The number of ether oxygens (including phenoxy) is 1. The molecule has 16 heavy (non-hydrogen) atoms. The largest absolute Gasteiger partial charge is 0.466 e. The van der Waals surface area contributed by atoms with Crippen molar-refractivity contribution in [3.63, 3.8) is 0 Å². The van der Waals surface area contributed by atoms with Crippen molar-refractivity contribution in [2.75, 3.05) is 12.4 Å². The summed E-state index contributed by atoms with van der Waals surface area (Å²) in [5.74, 6) is 0.728. The van der Waals surface area contributed by atoms with E-state index in [9.17, 15) is 4.79 Å². The molecule has 1 aromatic rings. The Hall–Kier alpha value is -1.22. The fourth-order valence-electron chi connectivity index (χ4n) is 1.24. The summed E-state index contributed by atoms with van der Waals surface area (Å²) in [5.41, 5.74) is 0.987. The molecule has 0 fully saturated rings. The molecule has 0 N–H and O–H groups in total. The summed E-state index contributed by atoms with van der Waals surface area (Å²) < 4.78 is 4.88. The van der Waals surface area contributed by atoms with Gasteiger partial charge < -0.3 is 4.74 Å². The Labute approximate surface area is 101 Å². The fraction of sp³-hybridized carbons (Fsp3) is 0.308. The second kappa shape index (κ2) is 7.12. The fourth-order valence-corrected chi connectivity index (χ4v) is 1.88. The second-order valence-electron chi connectivity index (χ2n) is 3.23. The zero-order chi connectivity index (χ0) is 11.8. The lowest BCUT2D eigenvalue weighted by Crippen LogP contribution is -2.07. The number of esters is 1. The molecule has 86 valence electrons. The molecule has 0 aromatic heterocycles. The first-order valence-electron chi connectivity index (χ1n) is 5.24. The summed E-state index contributed by atoms with van der Waals surface area (Å²) in [6.45, 7) is 5.92. The molecule has 1 rings (SSSR count). The molecule has 2 nitrogen and oxygen atoms in total. The maximum atomic E-state index is 11.2. The third-order valence-corrected chi connectivity index (χ3v) is 2.95. The molecule has 1 aromatic carbocycles. The quantitative estimate of drug-likeness (QED) is 0.431. The van der Waals surface area contributed by atoms with Crippen molar-refractivity contribution >= 4 is 17.7 Å². The molecule has 0 spiro atoms. The molecule has 0 saturated carbocycles. The second-order valence-corrected chi connectivity index (χ2v) is 4.32. The van der Waals surface area contributed by atoms with Gasteiger partial charge in [-0.25, -0.2) is 0 Å². The molecule has 0 unspecified atom stereocenters. The van der Waals surface area contributed by atoms with Gasteiger partial charge in [0.05, 0.1) is 13.0 Å². The highest BCUT2D eigenvalue weighted by Crippen LogP contribution is 2.18. The van der Waals surface area contributed by atoms with Crippen LogP contribution in [-0.2, 0) is 16.0 Å². The van der Waals surface area contributed by atoms with Crippen LogP contribution < -0.4 is 0 Å². The van der Waals surface area contributed by atoms with Gasteiger partial charge in [-0.05, 0) is 24.6 Å². The molecular formula is C13H16O2S. The van der Waals surface area contributed by atoms with E-state index in [2.05, 4.69) is 6.58 Å². The van der Waals surface area contributed by atoms with Crippen LogP contribution in [0.25, 0.3) is 0 Å². The smallest absolute Gasteiger partial charge is 0.310 e. The number of rotatable bonds is 6. The van der Waals surface area contributed by atoms with E-state index in [1.807, 2.05) is 37.3 Å². The van der Waals surface area contributed by atoms with Crippen LogP contribution in [0.3, 0.4) is 0 Å². The highest BCUT2D eigenvalue weighted by Gasteiger charge is 2.03. The minimum atomic E-state index is -0.172. The maximum absolute atomic E-state index is 11.2. The lowest BCUT2D eigenvalue weighted by molar-refractivity contribution is -0.142. The Bertz CT molecular complexity index is 343. The zero-order valence-corrected chi connectivity index (χ0v) is 10.3. The number of carbonyl (C=O) groups excluding carboxylic acids is 1. The highest BCUT2D eigenvalue weighted by molar-refractivity contribution is 7.99. The van der Waals surface area contributed by atoms with Gasteiger partial charge in [-0.1, -0.05) is 18.2 Å². The van der Waals surface area contributed by atoms with Crippen LogP contribution >= 0.6 is 11.8 Å². The van der Waals surface area contributed by atoms with Crippen molar-refractivity contribution in [3.8, 4) is 0 Å². The molecule has 0 aliphatic heterocycles. The molecule has 0 radical (unpaired) electrons. The monoisotopic (exact) mass is 236 g/mol. The van der Waals surface area contributed by atoms with Gasteiger partial charge in [0.1, 0.15) is 0 Å². The van der Waals surface area contributed by atoms with Crippen LogP contribution in [-0.4, -0.2) is 18.3 Å². The summed E-state index contributed by atoms with van der Waals surface area (Å²) in [4.78, 5) is 12.4. The molecule has 0 aliphatic rings. The Morgan fingerprint density at radius 2 is 2.12 bits per heavy atom. The lowest BCUT2D eigenvalue weighted by atomic mass is 10.1. The molecule has 0 heterocycles. The van der Waals surface area contributed by atoms with Gasteiger partial charge in [0.2, 0.25) is 0 Å². The lowest BCUT2D eigenvalue weighted by Gasteiger charge is -2.03. The summed E-state index contributed by atoms with van der Waals surface area (Å²) >= 11 is 1.72. The third kappa shape index (κ3) is 4.53. The Balaban J connectivity index is 2.50. The van der Waals surface area contributed by atoms with Gasteiger partial charge in [-0.2, -0.15) is 0 Å². The van der Waals surface area contributed by atoms with Crippen molar-refractivity contribution in [2.24, 2.45) is 0 Å². The number of hydrogen-bond acceptors (Lipinski definition) is 3. The molecule has 0 aliphatic carbocycles. The van der Waals surface area contributed by atoms with Crippen molar-refractivity contribution < 1.29 is 9.53 Å². The van der Waals surface area contributed by atoms with E-state index in [1.54, 1.807) is 11.8 Å². The van der Waals surface area contributed by atoms with Gasteiger partial charge >= 0.3 is 5.97 Å². The van der Waals surface area contributed by atoms with Crippen LogP contribution in [0.5, 0.6) is 0 Å². The van der Waals surface area contributed by atoms with Crippen molar-refractivity contribution in [3.05, 3.63) is 42.5 Å². The van der Waals surface area contributed by atoms with E-state index in [4.69, 9.17) is 4.74 Å². The van der Waals surface area contributed by atoms with Crippen molar-refractivity contribution in [1.82, 2.24) is 0 Å². The first-order chi connectivity index (χ1) is 7.76. The zero-order valence-electron chi connectivity index (χ0n) is 9.44. The average Bonchev–Trinajstić information content (AvgIpc) is 2.28. The summed E-state index contributed by atoms with van der Waals surface area (Å²) in [5, 5.41) is 0.